The summed E-state index contributed by atoms with van der Waals surface area (Å²) in [4.78, 5) is 9.05. The zero-order valence-electron chi connectivity index (χ0n) is 9.56. The molecule has 2 aromatic rings. The first-order valence-corrected chi connectivity index (χ1v) is 6.90. The molecule has 0 fully saturated rings. The van der Waals surface area contributed by atoms with Gasteiger partial charge >= 0.3 is 6.18 Å². The lowest BCUT2D eigenvalue weighted by Crippen LogP contribution is -2.30. The van der Waals surface area contributed by atoms with Crippen molar-refractivity contribution in [2.75, 3.05) is 6.61 Å². The number of sulfonamides is 1. The van der Waals surface area contributed by atoms with Gasteiger partial charge in [-0.1, -0.05) is 22.6 Å². The van der Waals surface area contributed by atoms with Gasteiger partial charge in [0, 0.05) is 6.20 Å². The number of pyridine rings is 1. The van der Waals surface area contributed by atoms with Crippen LogP contribution in [0.3, 0.4) is 0 Å². The maximum atomic E-state index is 11.9. The molecular formula is C9H7ClF3N3O3S. The minimum absolute atomic E-state index is 0.230. The van der Waals surface area contributed by atoms with Gasteiger partial charge in [-0.3, -0.25) is 9.24 Å². The smallest absolute Gasteiger partial charge is 0.288 e. The van der Waals surface area contributed by atoms with Gasteiger partial charge in [0.2, 0.25) is 0 Å². The summed E-state index contributed by atoms with van der Waals surface area (Å²) in [6.07, 6.45) is -3.31. The highest BCUT2D eigenvalue weighted by Crippen LogP contribution is 2.22. The van der Waals surface area contributed by atoms with Gasteiger partial charge in [-0.2, -0.15) is 13.2 Å². The minimum atomic E-state index is -4.66. The molecule has 0 aliphatic heterocycles. The van der Waals surface area contributed by atoms with Crippen LogP contribution in [-0.2, 0) is 14.9 Å². The number of hydrogen-bond donors (Lipinski definition) is 1. The first kappa shape index (κ1) is 15.0. The predicted octanol–water partition coefficient (Wildman–Crippen LogP) is 1.76. The van der Waals surface area contributed by atoms with E-state index >= 15 is 0 Å². The van der Waals surface area contributed by atoms with Crippen LogP contribution in [0.25, 0.3) is 5.65 Å². The largest absolute Gasteiger partial charge is 0.413 e. The van der Waals surface area contributed by atoms with E-state index in [0.29, 0.717) is 0 Å². The Kier molecular flexibility index (Phi) is 3.91. The van der Waals surface area contributed by atoms with Crippen LogP contribution in [0.1, 0.15) is 0 Å². The molecule has 0 bridgehead atoms. The van der Waals surface area contributed by atoms with Gasteiger partial charge in [-0.25, -0.2) is 13.4 Å². The molecule has 1 N–H and O–H groups in total. The monoisotopic (exact) mass is 329 g/mol. The molecule has 110 valence electrons. The van der Waals surface area contributed by atoms with Crippen molar-refractivity contribution < 1.29 is 26.4 Å². The van der Waals surface area contributed by atoms with Crippen molar-refractivity contribution in [1.82, 2.24) is 14.3 Å². The van der Waals surface area contributed by atoms with Gasteiger partial charge in [0.1, 0.15) is 5.65 Å². The van der Waals surface area contributed by atoms with Crippen LogP contribution in [0, 0.1) is 0 Å². The molecule has 0 amide bonds. The van der Waals surface area contributed by atoms with Crippen LogP contribution < -0.4 is 4.89 Å². The summed E-state index contributed by atoms with van der Waals surface area (Å²) < 4.78 is 60.5. The van der Waals surface area contributed by atoms with Crippen LogP contribution in [0.2, 0.25) is 5.15 Å². The van der Waals surface area contributed by atoms with Gasteiger partial charge in [0.05, 0.1) is 0 Å². The Labute approximate surface area is 116 Å². The van der Waals surface area contributed by atoms with Crippen LogP contribution in [0.5, 0.6) is 0 Å². The van der Waals surface area contributed by atoms with Crippen LogP contribution in [0.15, 0.2) is 29.4 Å². The highest BCUT2D eigenvalue weighted by atomic mass is 35.5. The Morgan fingerprint density at radius 1 is 1.40 bits per heavy atom. The summed E-state index contributed by atoms with van der Waals surface area (Å²) in [6.45, 7) is -1.76. The summed E-state index contributed by atoms with van der Waals surface area (Å²) in [5.41, 5.74) is 0.230. The average molecular weight is 330 g/mol. The van der Waals surface area contributed by atoms with Gasteiger partial charge < -0.3 is 0 Å². The van der Waals surface area contributed by atoms with E-state index in [1.165, 1.54) is 23.2 Å². The van der Waals surface area contributed by atoms with E-state index < -0.39 is 27.8 Å². The fourth-order valence-electron chi connectivity index (χ4n) is 1.41. The third-order valence-electron chi connectivity index (χ3n) is 2.11. The number of nitrogens with zero attached hydrogens (tertiary/aromatic N) is 2. The molecule has 0 spiro atoms. The van der Waals surface area contributed by atoms with E-state index in [0.717, 1.165) is 4.40 Å². The Morgan fingerprint density at radius 2 is 2.10 bits per heavy atom. The SMILES string of the molecule is O=S(=O)(NOCC(F)(F)F)c1c(Cl)nc2ccccn12. The number of halogens is 4. The van der Waals surface area contributed by atoms with Crippen molar-refractivity contribution in [1.29, 1.82) is 0 Å². The normalized spacial score (nSPS) is 13.0. The van der Waals surface area contributed by atoms with E-state index in [2.05, 4.69) is 9.82 Å². The molecule has 20 heavy (non-hydrogen) atoms. The number of alkyl halides is 3. The fraction of sp³-hybridized carbons (Fsp3) is 0.222. The summed E-state index contributed by atoms with van der Waals surface area (Å²) in [5.74, 6) is 0. The van der Waals surface area contributed by atoms with Crippen molar-refractivity contribution in [3.63, 3.8) is 0 Å². The first-order valence-electron chi connectivity index (χ1n) is 5.04. The molecule has 0 radical (unpaired) electrons. The van der Waals surface area contributed by atoms with Crippen molar-refractivity contribution >= 4 is 27.3 Å². The second-order valence-electron chi connectivity index (χ2n) is 3.63. The predicted molar refractivity (Wildman–Crippen MR) is 62.5 cm³/mol. The van der Waals surface area contributed by atoms with Crippen LogP contribution in [0.4, 0.5) is 13.2 Å². The van der Waals surface area contributed by atoms with E-state index in [4.69, 9.17) is 11.6 Å². The maximum Gasteiger partial charge on any atom is 0.413 e. The molecule has 2 heterocycles. The second kappa shape index (κ2) is 5.20. The summed E-state index contributed by atoms with van der Waals surface area (Å²) in [5, 5.41) is -0.878. The molecule has 0 aromatic carbocycles. The Morgan fingerprint density at radius 3 is 2.75 bits per heavy atom. The summed E-state index contributed by atoms with van der Waals surface area (Å²) in [7, 11) is -4.40. The van der Waals surface area contributed by atoms with Crippen LogP contribution >= 0.6 is 11.6 Å². The van der Waals surface area contributed by atoms with Gasteiger partial charge in [0.25, 0.3) is 10.0 Å². The Balaban J connectivity index is 2.30. The fourth-order valence-corrected chi connectivity index (χ4v) is 2.87. The van der Waals surface area contributed by atoms with E-state index in [9.17, 15) is 21.6 Å². The zero-order valence-corrected chi connectivity index (χ0v) is 11.1. The van der Waals surface area contributed by atoms with Crippen molar-refractivity contribution in [3.8, 4) is 0 Å². The molecule has 2 aromatic heterocycles. The number of imidazole rings is 1. The van der Waals surface area contributed by atoms with Gasteiger partial charge in [0.15, 0.2) is 16.8 Å². The molecule has 0 atom stereocenters. The Hall–Kier alpha value is -1.36. The van der Waals surface area contributed by atoms with Gasteiger partial charge in [-0.05, 0) is 12.1 Å². The molecule has 0 saturated heterocycles. The topological polar surface area (TPSA) is 72.7 Å². The molecular weight excluding hydrogens is 323 g/mol. The van der Waals surface area contributed by atoms with Crippen LogP contribution in [-0.4, -0.2) is 30.6 Å². The number of hydrogen-bond acceptors (Lipinski definition) is 4. The van der Waals surface area contributed by atoms with Gasteiger partial charge in [-0.15, -0.1) is 0 Å². The number of fused-ring (bicyclic) bond motifs is 1. The van der Waals surface area contributed by atoms with E-state index in [1.807, 2.05) is 0 Å². The molecule has 2 rings (SSSR count). The molecule has 11 heteroatoms. The third-order valence-corrected chi connectivity index (χ3v) is 3.72. The van der Waals surface area contributed by atoms with Crippen molar-refractivity contribution in [3.05, 3.63) is 29.5 Å². The van der Waals surface area contributed by atoms with Crippen molar-refractivity contribution in [2.24, 2.45) is 0 Å². The zero-order chi connectivity index (χ0) is 15.0. The number of nitrogens with one attached hydrogen (secondary N) is 1. The molecule has 0 aliphatic carbocycles. The second-order valence-corrected chi connectivity index (χ2v) is 5.55. The number of aromatic nitrogens is 2. The average Bonchev–Trinajstić information content (AvgIpc) is 2.63. The lowest BCUT2D eigenvalue weighted by atomic mass is 10.5. The molecule has 6 nitrogen and oxygen atoms in total. The quantitative estimate of drug-likeness (QED) is 0.868. The highest BCUT2D eigenvalue weighted by molar-refractivity contribution is 7.89. The summed E-state index contributed by atoms with van der Waals surface area (Å²) in [6, 6.07) is 4.60. The number of rotatable bonds is 4. The lowest BCUT2D eigenvalue weighted by molar-refractivity contribution is -0.181. The lowest BCUT2D eigenvalue weighted by Gasteiger charge is -2.09. The highest BCUT2D eigenvalue weighted by Gasteiger charge is 2.30. The minimum Gasteiger partial charge on any atom is -0.288 e. The molecule has 0 aliphatic rings. The van der Waals surface area contributed by atoms with E-state index in [-0.39, 0.29) is 10.8 Å². The Bertz CT molecular complexity index is 729. The van der Waals surface area contributed by atoms with Crippen molar-refractivity contribution in [2.45, 2.75) is 11.2 Å². The summed E-state index contributed by atoms with van der Waals surface area (Å²) >= 11 is 5.69. The first-order chi connectivity index (χ1) is 9.21. The third kappa shape index (κ3) is 3.20. The maximum absolute atomic E-state index is 11.9. The molecule has 0 saturated carbocycles. The standard InChI is InChI=1S/C9H7ClF3N3O3S/c10-7-8(16-4-2-1-3-6(16)14-7)20(17,18)15-19-5-9(11,12)13/h1-4,15H,5H2. The molecule has 0 unspecified atom stereocenters. The van der Waals surface area contributed by atoms with E-state index in [1.54, 1.807) is 6.07 Å².